The normalized spacial score (nSPS) is 11.0. The summed E-state index contributed by atoms with van der Waals surface area (Å²) in [5.41, 5.74) is 1.40. The fourth-order valence-corrected chi connectivity index (χ4v) is 3.01. The molecule has 0 saturated carbocycles. The summed E-state index contributed by atoms with van der Waals surface area (Å²) >= 11 is 0. The molecule has 0 saturated heterocycles. The summed E-state index contributed by atoms with van der Waals surface area (Å²) in [6.45, 7) is 2.48. The summed E-state index contributed by atoms with van der Waals surface area (Å²) in [5.74, 6) is 0.0125. The molecule has 0 bridgehead atoms. The molecule has 1 amide bonds. The monoisotopic (exact) mass is 363 g/mol. The van der Waals surface area contributed by atoms with Crippen LogP contribution < -0.4 is 15.4 Å². The molecule has 7 nitrogen and oxygen atoms in total. The van der Waals surface area contributed by atoms with E-state index < -0.39 is 9.84 Å². The molecular formula is C17H21N3O4S. The van der Waals surface area contributed by atoms with Crippen LogP contribution in [0.5, 0.6) is 5.75 Å². The van der Waals surface area contributed by atoms with Gasteiger partial charge < -0.3 is 15.4 Å². The number of carbonyl (C=O) groups excluding carboxylic acids is 1. The standard InChI is InChI=1S/C17H21N3O4S/c1-3-24-17-14(5-4-6-15(17)25(2,22)23)19-12-16(21)20-11-13-7-9-18-10-8-13/h4-10,19H,3,11-12H2,1-2H3,(H,20,21). The highest BCUT2D eigenvalue weighted by Crippen LogP contribution is 2.32. The minimum Gasteiger partial charge on any atom is -0.490 e. The van der Waals surface area contributed by atoms with Gasteiger partial charge in [-0.2, -0.15) is 0 Å². The van der Waals surface area contributed by atoms with Gasteiger partial charge in [0, 0.05) is 25.2 Å². The number of nitrogens with one attached hydrogen (secondary N) is 2. The van der Waals surface area contributed by atoms with E-state index in [0.29, 0.717) is 18.8 Å². The molecule has 0 aliphatic heterocycles. The number of ether oxygens (including phenoxy) is 1. The van der Waals surface area contributed by atoms with E-state index in [0.717, 1.165) is 11.8 Å². The minimum absolute atomic E-state index is 0.00161. The first-order chi connectivity index (χ1) is 11.9. The molecule has 0 spiro atoms. The Morgan fingerprint density at radius 1 is 1.20 bits per heavy atom. The van der Waals surface area contributed by atoms with Crippen molar-refractivity contribution in [3.05, 3.63) is 48.3 Å². The molecule has 0 unspecified atom stereocenters. The Hall–Kier alpha value is -2.61. The minimum atomic E-state index is -3.43. The topological polar surface area (TPSA) is 97.4 Å². The quantitative estimate of drug-likeness (QED) is 0.740. The van der Waals surface area contributed by atoms with Crippen LogP contribution in [0.15, 0.2) is 47.6 Å². The van der Waals surface area contributed by atoms with E-state index in [1.807, 2.05) is 12.1 Å². The number of para-hydroxylation sites is 1. The van der Waals surface area contributed by atoms with Gasteiger partial charge in [0.05, 0.1) is 18.8 Å². The third kappa shape index (κ3) is 5.46. The number of hydrogen-bond acceptors (Lipinski definition) is 6. The summed E-state index contributed by atoms with van der Waals surface area (Å²) in [7, 11) is -3.43. The summed E-state index contributed by atoms with van der Waals surface area (Å²) in [6, 6.07) is 8.40. The zero-order valence-corrected chi connectivity index (χ0v) is 15.0. The van der Waals surface area contributed by atoms with Crippen molar-refractivity contribution in [3.63, 3.8) is 0 Å². The van der Waals surface area contributed by atoms with Gasteiger partial charge >= 0.3 is 0 Å². The zero-order valence-electron chi connectivity index (χ0n) is 14.2. The lowest BCUT2D eigenvalue weighted by atomic mass is 10.2. The number of benzene rings is 1. The molecule has 1 aromatic carbocycles. The van der Waals surface area contributed by atoms with Crippen LogP contribution in [-0.4, -0.2) is 38.7 Å². The number of rotatable bonds is 8. The van der Waals surface area contributed by atoms with E-state index in [4.69, 9.17) is 4.74 Å². The van der Waals surface area contributed by atoms with Gasteiger partial charge in [-0.05, 0) is 36.8 Å². The number of nitrogens with zero attached hydrogens (tertiary/aromatic N) is 1. The van der Waals surface area contributed by atoms with E-state index in [1.165, 1.54) is 6.07 Å². The van der Waals surface area contributed by atoms with E-state index in [-0.39, 0.29) is 23.1 Å². The van der Waals surface area contributed by atoms with Crippen LogP contribution in [0.1, 0.15) is 12.5 Å². The number of carbonyl (C=O) groups is 1. The number of amides is 1. The van der Waals surface area contributed by atoms with Gasteiger partial charge in [0.15, 0.2) is 15.6 Å². The summed E-state index contributed by atoms with van der Waals surface area (Å²) in [4.78, 5) is 16.0. The molecule has 0 atom stereocenters. The van der Waals surface area contributed by atoms with Gasteiger partial charge in [-0.1, -0.05) is 6.07 Å². The molecule has 0 radical (unpaired) electrons. The van der Waals surface area contributed by atoms with Crippen molar-refractivity contribution >= 4 is 21.4 Å². The van der Waals surface area contributed by atoms with E-state index in [9.17, 15) is 13.2 Å². The average Bonchev–Trinajstić information content (AvgIpc) is 2.59. The van der Waals surface area contributed by atoms with Crippen LogP contribution in [0.3, 0.4) is 0 Å². The van der Waals surface area contributed by atoms with Crippen LogP contribution in [0.2, 0.25) is 0 Å². The lowest BCUT2D eigenvalue weighted by molar-refractivity contribution is -0.119. The number of sulfone groups is 1. The third-order valence-corrected chi connectivity index (χ3v) is 4.47. The summed E-state index contributed by atoms with van der Waals surface area (Å²) in [6.07, 6.45) is 4.44. The van der Waals surface area contributed by atoms with Gasteiger partial charge in [0.2, 0.25) is 5.91 Å². The maximum atomic E-state index is 12.0. The largest absolute Gasteiger partial charge is 0.490 e. The van der Waals surface area contributed by atoms with Crippen LogP contribution in [0.4, 0.5) is 5.69 Å². The second kappa shape index (κ2) is 8.48. The van der Waals surface area contributed by atoms with Crippen LogP contribution in [-0.2, 0) is 21.2 Å². The third-order valence-electron chi connectivity index (χ3n) is 3.35. The highest BCUT2D eigenvalue weighted by atomic mass is 32.2. The van der Waals surface area contributed by atoms with Crippen LogP contribution >= 0.6 is 0 Å². The van der Waals surface area contributed by atoms with E-state index >= 15 is 0 Å². The average molecular weight is 363 g/mol. The van der Waals surface area contributed by atoms with Crippen molar-refractivity contribution in [1.82, 2.24) is 10.3 Å². The van der Waals surface area contributed by atoms with E-state index in [2.05, 4.69) is 15.6 Å². The van der Waals surface area contributed by atoms with Crippen molar-refractivity contribution in [2.24, 2.45) is 0 Å². The molecule has 2 N–H and O–H groups in total. The Morgan fingerprint density at radius 2 is 1.92 bits per heavy atom. The van der Waals surface area contributed by atoms with Crippen molar-refractivity contribution in [3.8, 4) is 5.75 Å². The SMILES string of the molecule is CCOc1c(NCC(=O)NCc2ccncc2)cccc1S(C)(=O)=O. The van der Waals surface area contributed by atoms with Crippen LogP contribution in [0.25, 0.3) is 0 Å². The highest BCUT2D eigenvalue weighted by Gasteiger charge is 2.18. The van der Waals surface area contributed by atoms with Gasteiger partial charge in [0.25, 0.3) is 0 Å². The molecule has 1 aromatic heterocycles. The first kappa shape index (κ1) is 18.7. The highest BCUT2D eigenvalue weighted by molar-refractivity contribution is 7.90. The molecule has 8 heteroatoms. The number of hydrogen-bond donors (Lipinski definition) is 2. The summed E-state index contributed by atoms with van der Waals surface area (Å²) in [5, 5.41) is 5.71. The molecule has 0 aliphatic rings. The lowest BCUT2D eigenvalue weighted by Crippen LogP contribution is -2.29. The molecular weight excluding hydrogens is 342 g/mol. The first-order valence-electron chi connectivity index (χ1n) is 7.77. The van der Waals surface area contributed by atoms with Gasteiger partial charge in [-0.25, -0.2) is 8.42 Å². The van der Waals surface area contributed by atoms with Crippen LogP contribution in [0, 0.1) is 0 Å². The van der Waals surface area contributed by atoms with Crippen molar-refractivity contribution in [2.45, 2.75) is 18.4 Å². The fourth-order valence-electron chi connectivity index (χ4n) is 2.18. The number of aromatic nitrogens is 1. The zero-order chi connectivity index (χ0) is 18.3. The van der Waals surface area contributed by atoms with Gasteiger partial charge in [0.1, 0.15) is 4.90 Å². The van der Waals surface area contributed by atoms with Gasteiger partial charge in [-0.15, -0.1) is 0 Å². The predicted octanol–water partition coefficient (Wildman–Crippen LogP) is 1.61. The smallest absolute Gasteiger partial charge is 0.239 e. The van der Waals surface area contributed by atoms with Crippen molar-refractivity contribution in [2.75, 3.05) is 24.7 Å². The number of anilines is 1. The molecule has 0 aliphatic carbocycles. The first-order valence-corrected chi connectivity index (χ1v) is 9.66. The lowest BCUT2D eigenvalue weighted by Gasteiger charge is -2.15. The molecule has 2 aromatic rings. The molecule has 0 fully saturated rings. The summed E-state index contributed by atoms with van der Waals surface area (Å²) < 4.78 is 29.2. The second-order valence-electron chi connectivity index (χ2n) is 5.32. The Balaban J connectivity index is 2.03. The van der Waals surface area contributed by atoms with E-state index in [1.54, 1.807) is 31.5 Å². The molecule has 25 heavy (non-hydrogen) atoms. The fraction of sp³-hybridized carbons (Fsp3) is 0.294. The Bertz CT molecular complexity index is 823. The Kier molecular flexibility index (Phi) is 6.35. The molecule has 1 heterocycles. The van der Waals surface area contributed by atoms with Crippen molar-refractivity contribution in [1.29, 1.82) is 0 Å². The Morgan fingerprint density at radius 3 is 2.56 bits per heavy atom. The molecule has 2 rings (SSSR count). The maximum absolute atomic E-state index is 12.0. The maximum Gasteiger partial charge on any atom is 0.239 e. The number of pyridine rings is 1. The second-order valence-corrected chi connectivity index (χ2v) is 7.31. The molecule has 134 valence electrons. The predicted molar refractivity (Wildman–Crippen MR) is 95.3 cm³/mol. The van der Waals surface area contributed by atoms with Crippen molar-refractivity contribution < 1.29 is 17.9 Å². The van der Waals surface area contributed by atoms with Gasteiger partial charge in [-0.3, -0.25) is 9.78 Å². The Labute approximate surface area is 147 Å².